The van der Waals surface area contributed by atoms with E-state index < -0.39 is 0 Å². The number of aromatic nitrogens is 1. The Balaban J connectivity index is 0.000000370. The first kappa shape index (κ1) is 32.3. The van der Waals surface area contributed by atoms with Crippen molar-refractivity contribution in [3.05, 3.63) is 88.2 Å². The molecular weight excluding hydrogens is 526 g/mol. The van der Waals surface area contributed by atoms with Crippen molar-refractivity contribution in [1.82, 2.24) is 4.98 Å². The van der Waals surface area contributed by atoms with E-state index in [1.165, 1.54) is 36.1 Å². The zero-order valence-electron chi connectivity index (χ0n) is 25.0. The van der Waals surface area contributed by atoms with Crippen molar-refractivity contribution >= 4 is 22.9 Å². The summed E-state index contributed by atoms with van der Waals surface area (Å²) in [6, 6.07) is 18.0. The zero-order valence-corrected chi connectivity index (χ0v) is 26.1. The van der Waals surface area contributed by atoms with Gasteiger partial charge >= 0.3 is 172 Å². The van der Waals surface area contributed by atoms with Crippen LogP contribution in [-0.2, 0) is 14.6 Å². The predicted molar refractivity (Wildman–Crippen MR) is 158 cm³/mol. The molecule has 6 heteroatoms. The Kier molecular flexibility index (Phi) is 12.4. The van der Waals surface area contributed by atoms with E-state index in [4.69, 9.17) is 7.92 Å². The van der Waals surface area contributed by atoms with Gasteiger partial charge in [0.1, 0.15) is 11.4 Å². The predicted octanol–water partition coefficient (Wildman–Crippen LogP) is 10.1. The van der Waals surface area contributed by atoms with Gasteiger partial charge in [-0.05, 0) is 12.1 Å². The summed E-state index contributed by atoms with van der Waals surface area (Å²) in [5, 5.41) is 0. The summed E-state index contributed by atoms with van der Waals surface area (Å²) in [6.45, 7) is 20.7. The second-order valence-corrected chi connectivity index (χ2v) is 11.7. The van der Waals surface area contributed by atoms with Crippen LogP contribution in [0.15, 0.2) is 62.5 Å². The molecule has 3 aromatic rings. The van der Waals surface area contributed by atoms with Gasteiger partial charge in [0.25, 0.3) is 0 Å². The molecule has 0 aliphatic carbocycles. The summed E-state index contributed by atoms with van der Waals surface area (Å²) in [6.07, 6.45) is 0. The van der Waals surface area contributed by atoms with Crippen LogP contribution in [-0.4, -0.2) is 16.6 Å². The van der Waals surface area contributed by atoms with E-state index in [1.54, 1.807) is 18.2 Å². The normalized spacial score (nSPS) is 11.0. The number of nitrogens with zero attached hydrogens (tertiary/aromatic N) is 3. The number of benzene rings is 2. The Hall–Kier alpha value is -2.95. The van der Waals surface area contributed by atoms with E-state index in [1.807, 2.05) is 0 Å². The van der Waals surface area contributed by atoms with E-state index in [0.717, 1.165) is 11.4 Å². The third-order valence-corrected chi connectivity index (χ3v) is 7.10. The molecule has 2 aromatic carbocycles. The molecule has 39 heavy (non-hydrogen) atoms. The molecule has 0 spiro atoms. The van der Waals surface area contributed by atoms with Crippen LogP contribution < -0.4 is 0 Å². The molecule has 0 amide bonds. The fourth-order valence-corrected chi connectivity index (χ4v) is 4.97. The van der Waals surface area contributed by atoms with Gasteiger partial charge in [-0.25, -0.2) is 4.98 Å². The molecule has 1 heterocycles. The van der Waals surface area contributed by atoms with Gasteiger partial charge in [-0.3, -0.25) is 9.59 Å². The van der Waals surface area contributed by atoms with Crippen LogP contribution >= 0.6 is 0 Å². The molecule has 0 atom stereocenters. The molecule has 0 aliphatic rings. The molecule has 210 valence electrons. The van der Waals surface area contributed by atoms with Gasteiger partial charge < -0.3 is 0 Å². The molecule has 0 bridgehead atoms. The van der Waals surface area contributed by atoms with Gasteiger partial charge in [-0.1, -0.05) is 6.07 Å². The Labute approximate surface area is 240 Å². The molecule has 3 rings (SSSR count). The molecule has 0 aliphatic heterocycles. The fourth-order valence-electron chi connectivity index (χ4n) is 4.12. The van der Waals surface area contributed by atoms with Crippen molar-refractivity contribution in [2.24, 2.45) is 7.92 Å². The van der Waals surface area contributed by atoms with E-state index in [9.17, 15) is 9.59 Å². The number of carbonyl (C=O) groups excluding carboxylic acids is 2. The quantitative estimate of drug-likeness (QED) is 0.200. The molecule has 0 fully saturated rings. The first-order valence-electron chi connectivity index (χ1n) is 13.6. The maximum atomic E-state index is 10.8. The molecule has 0 unspecified atom stereocenters. The van der Waals surface area contributed by atoms with Crippen molar-refractivity contribution in [2.45, 2.75) is 92.9 Å². The number of hydrogen-bond acceptors (Lipinski definition) is 5. The van der Waals surface area contributed by atoms with Crippen LogP contribution in [0.1, 0.15) is 136 Å². The number of rotatable bonds is 8. The average Bonchev–Trinajstić information content (AvgIpc) is 2.88. The third kappa shape index (κ3) is 9.05. The number of Topliss-reactive ketones (excluding diaryl/α,β-unsaturated/α-hetero) is 2. The molecular formula is C33H43FeN3O2. The van der Waals surface area contributed by atoms with E-state index in [-0.39, 0.29) is 11.6 Å². The van der Waals surface area contributed by atoms with Gasteiger partial charge in [-0.2, -0.15) is 0 Å². The van der Waals surface area contributed by atoms with Crippen LogP contribution in [0.2, 0.25) is 0 Å². The van der Waals surface area contributed by atoms with E-state index in [2.05, 4.69) is 96.8 Å². The summed E-state index contributed by atoms with van der Waals surface area (Å²) in [4.78, 5) is 25.6. The molecule has 5 nitrogen and oxygen atoms in total. The Morgan fingerprint density at radius 3 is 1.10 bits per heavy atom. The first-order chi connectivity index (χ1) is 18.3. The van der Waals surface area contributed by atoms with Gasteiger partial charge in [0.05, 0.1) is 0 Å². The van der Waals surface area contributed by atoms with Gasteiger partial charge in [0, 0.05) is 13.8 Å². The minimum atomic E-state index is -0.127. The van der Waals surface area contributed by atoms with Crippen molar-refractivity contribution in [2.75, 3.05) is 0 Å². The number of carbonyl (C=O) groups is 2. The maximum absolute atomic E-state index is 10.8. The molecule has 1 aromatic heterocycles. The molecule has 0 saturated carbocycles. The average molecular weight is 570 g/mol. The standard InChI is InChI=1S/2C12H17N.C9H9NO2.Fe/c2*1-8(2)10-6-5-7-11(9(3)4)12(10)13;1-6(11)8-4-3-5-9(10-8)7(2)12;/h2*5-9H,1-4H3;3-5H,1-2H3;. The fraction of sp³-hybridized carbons (Fsp3) is 0.424. The first-order valence-corrected chi connectivity index (χ1v) is 14.6. The van der Waals surface area contributed by atoms with Crippen LogP contribution in [0.25, 0.3) is 0 Å². The SMILES string of the molecule is CC(=O)c1cccc(C(C)=O)n1.CC(C)c1cccc(C(C)C)c1[N]=[Fe]=[N]c1c(C(C)C)cccc1C(C)C. The summed E-state index contributed by atoms with van der Waals surface area (Å²) in [7, 11) is 0. The topological polar surface area (TPSA) is 71.8 Å². The Morgan fingerprint density at radius 1 is 0.564 bits per heavy atom. The van der Waals surface area contributed by atoms with Crippen LogP contribution in [0, 0.1) is 0 Å². The number of ketones is 2. The van der Waals surface area contributed by atoms with Crippen LogP contribution in [0.5, 0.6) is 0 Å². The van der Waals surface area contributed by atoms with Crippen molar-refractivity contribution in [3.8, 4) is 0 Å². The van der Waals surface area contributed by atoms with Crippen LogP contribution in [0.3, 0.4) is 0 Å². The van der Waals surface area contributed by atoms with E-state index >= 15 is 0 Å². The summed E-state index contributed by atoms with van der Waals surface area (Å²) >= 11 is 0.479. The number of hydrogen-bond donors (Lipinski definition) is 0. The van der Waals surface area contributed by atoms with Crippen molar-refractivity contribution in [1.29, 1.82) is 0 Å². The molecule has 0 radical (unpaired) electrons. The summed E-state index contributed by atoms with van der Waals surface area (Å²) in [5.74, 6) is 1.57. The Morgan fingerprint density at radius 2 is 0.846 bits per heavy atom. The Bertz CT molecular complexity index is 1220. The summed E-state index contributed by atoms with van der Waals surface area (Å²) in [5.41, 5.74) is 8.22. The van der Waals surface area contributed by atoms with Crippen molar-refractivity contribution < 1.29 is 24.2 Å². The molecule has 0 saturated heterocycles. The van der Waals surface area contributed by atoms with Gasteiger partial charge in [0.15, 0.2) is 11.6 Å². The minimum absolute atomic E-state index is 0.127. The third-order valence-electron chi connectivity index (χ3n) is 6.38. The van der Waals surface area contributed by atoms with Gasteiger partial charge in [0.2, 0.25) is 0 Å². The van der Waals surface area contributed by atoms with Gasteiger partial charge in [-0.15, -0.1) is 0 Å². The second-order valence-electron chi connectivity index (χ2n) is 10.9. The number of pyridine rings is 1. The summed E-state index contributed by atoms with van der Waals surface area (Å²) < 4.78 is 9.96. The zero-order chi connectivity index (χ0) is 29.3. The van der Waals surface area contributed by atoms with Crippen molar-refractivity contribution in [3.63, 3.8) is 0 Å². The molecule has 0 N–H and O–H groups in total. The monoisotopic (exact) mass is 569 g/mol. The van der Waals surface area contributed by atoms with E-state index in [0.29, 0.717) is 49.6 Å². The second kappa shape index (κ2) is 15.0. The van der Waals surface area contributed by atoms with Crippen LogP contribution in [0.4, 0.5) is 11.4 Å².